The van der Waals surface area contributed by atoms with Gasteiger partial charge in [-0.15, -0.1) is 0 Å². The number of nitrogen functional groups attached to an aromatic ring is 1. The average molecular weight is 271 g/mol. The number of carbonyl (C=O) groups is 1. The van der Waals surface area contributed by atoms with Crippen molar-refractivity contribution >= 4 is 28.9 Å². The molecule has 1 amide bonds. The standard InChI is InChI=1S/C13H19ClN2O2/c1-13(2,3)18-7-6-12(17)16-11-8-9(14)4-5-10(11)15/h4-5,8H,6-7,15H2,1-3H3,(H,16,17). The average Bonchev–Trinajstić information content (AvgIpc) is 2.21. The second-order valence-electron chi connectivity index (χ2n) is 4.99. The zero-order valence-corrected chi connectivity index (χ0v) is 11.7. The molecule has 0 aliphatic rings. The Labute approximate surface area is 112 Å². The van der Waals surface area contributed by atoms with E-state index in [9.17, 15) is 4.79 Å². The fourth-order valence-electron chi connectivity index (χ4n) is 1.30. The van der Waals surface area contributed by atoms with Crippen LogP contribution in [0.1, 0.15) is 27.2 Å². The number of nitrogens with two attached hydrogens (primary N) is 1. The van der Waals surface area contributed by atoms with E-state index in [4.69, 9.17) is 22.1 Å². The summed E-state index contributed by atoms with van der Waals surface area (Å²) in [6, 6.07) is 4.96. The molecule has 4 nitrogen and oxygen atoms in total. The first-order valence-corrected chi connectivity index (χ1v) is 6.14. The predicted octanol–water partition coefficient (Wildman–Crippen LogP) is 3.07. The number of hydrogen-bond acceptors (Lipinski definition) is 3. The number of nitrogens with one attached hydrogen (secondary N) is 1. The summed E-state index contributed by atoms with van der Waals surface area (Å²) < 4.78 is 5.47. The van der Waals surface area contributed by atoms with Gasteiger partial charge in [0.2, 0.25) is 5.91 Å². The van der Waals surface area contributed by atoms with Crippen LogP contribution in [0.4, 0.5) is 11.4 Å². The molecule has 18 heavy (non-hydrogen) atoms. The Balaban J connectivity index is 2.47. The number of carbonyl (C=O) groups excluding carboxylic acids is 1. The highest BCUT2D eigenvalue weighted by molar-refractivity contribution is 6.31. The lowest BCUT2D eigenvalue weighted by molar-refractivity contribution is -0.118. The quantitative estimate of drug-likeness (QED) is 0.827. The van der Waals surface area contributed by atoms with Crippen molar-refractivity contribution in [1.29, 1.82) is 0 Å². The summed E-state index contributed by atoms with van der Waals surface area (Å²) in [4.78, 5) is 11.7. The van der Waals surface area contributed by atoms with E-state index in [1.165, 1.54) is 0 Å². The molecule has 0 unspecified atom stereocenters. The molecule has 0 aromatic heterocycles. The highest BCUT2D eigenvalue weighted by Crippen LogP contribution is 2.23. The van der Waals surface area contributed by atoms with E-state index in [0.717, 1.165) is 0 Å². The minimum Gasteiger partial charge on any atom is -0.397 e. The van der Waals surface area contributed by atoms with Crippen LogP contribution in [0, 0.1) is 0 Å². The number of hydrogen-bond donors (Lipinski definition) is 2. The van der Waals surface area contributed by atoms with Crippen LogP contribution < -0.4 is 11.1 Å². The first kappa shape index (κ1) is 14.8. The van der Waals surface area contributed by atoms with Crippen molar-refractivity contribution in [2.75, 3.05) is 17.7 Å². The molecule has 0 aliphatic carbocycles. The second-order valence-corrected chi connectivity index (χ2v) is 5.43. The van der Waals surface area contributed by atoms with Gasteiger partial charge in [-0.3, -0.25) is 4.79 Å². The third-order valence-electron chi connectivity index (χ3n) is 2.15. The molecular formula is C13H19ClN2O2. The molecule has 1 aromatic rings. The Bertz CT molecular complexity index is 427. The van der Waals surface area contributed by atoms with Crippen molar-refractivity contribution in [1.82, 2.24) is 0 Å². The van der Waals surface area contributed by atoms with Gasteiger partial charge in [-0.2, -0.15) is 0 Å². The van der Waals surface area contributed by atoms with Crippen LogP contribution in [0.25, 0.3) is 0 Å². The number of amides is 1. The Morgan fingerprint density at radius 2 is 2.11 bits per heavy atom. The molecular weight excluding hydrogens is 252 g/mol. The summed E-state index contributed by atoms with van der Waals surface area (Å²) in [7, 11) is 0. The smallest absolute Gasteiger partial charge is 0.226 e. The van der Waals surface area contributed by atoms with Crippen LogP contribution >= 0.6 is 11.6 Å². The van der Waals surface area contributed by atoms with E-state index in [2.05, 4.69) is 5.32 Å². The van der Waals surface area contributed by atoms with Gasteiger partial charge in [0.15, 0.2) is 0 Å². The normalized spacial score (nSPS) is 11.3. The van der Waals surface area contributed by atoms with Gasteiger partial charge >= 0.3 is 0 Å². The predicted molar refractivity (Wildman–Crippen MR) is 74.8 cm³/mol. The minimum absolute atomic E-state index is 0.145. The summed E-state index contributed by atoms with van der Waals surface area (Å²) in [5.41, 5.74) is 6.51. The molecule has 0 bridgehead atoms. The minimum atomic E-state index is -0.241. The lowest BCUT2D eigenvalue weighted by Gasteiger charge is -2.19. The van der Waals surface area contributed by atoms with Crippen molar-refractivity contribution in [2.24, 2.45) is 0 Å². The Morgan fingerprint density at radius 3 is 2.72 bits per heavy atom. The van der Waals surface area contributed by atoms with Crippen molar-refractivity contribution in [3.8, 4) is 0 Å². The molecule has 0 heterocycles. The highest BCUT2D eigenvalue weighted by atomic mass is 35.5. The first-order chi connectivity index (χ1) is 8.28. The van der Waals surface area contributed by atoms with Crippen LogP contribution in [0.5, 0.6) is 0 Å². The van der Waals surface area contributed by atoms with E-state index in [1.807, 2.05) is 20.8 Å². The molecule has 0 radical (unpaired) electrons. The van der Waals surface area contributed by atoms with Gasteiger partial charge in [-0.1, -0.05) is 11.6 Å². The maximum Gasteiger partial charge on any atom is 0.226 e. The zero-order chi connectivity index (χ0) is 13.8. The third-order valence-corrected chi connectivity index (χ3v) is 2.39. The highest BCUT2D eigenvalue weighted by Gasteiger charge is 2.11. The number of anilines is 2. The second kappa shape index (κ2) is 6.07. The molecule has 1 rings (SSSR count). The molecule has 1 aromatic carbocycles. The number of rotatable bonds is 4. The molecule has 100 valence electrons. The Hall–Kier alpha value is -1.26. The van der Waals surface area contributed by atoms with Gasteiger partial charge in [0.05, 0.1) is 30.0 Å². The van der Waals surface area contributed by atoms with E-state index in [-0.39, 0.29) is 17.9 Å². The van der Waals surface area contributed by atoms with Crippen LogP contribution in [0.15, 0.2) is 18.2 Å². The molecule has 0 saturated heterocycles. The summed E-state index contributed by atoms with van der Waals surface area (Å²) in [5, 5.41) is 3.24. The summed E-state index contributed by atoms with van der Waals surface area (Å²) >= 11 is 5.83. The van der Waals surface area contributed by atoms with Crippen molar-refractivity contribution < 1.29 is 9.53 Å². The van der Waals surface area contributed by atoms with Crippen LogP contribution in [-0.4, -0.2) is 18.1 Å². The number of benzene rings is 1. The van der Waals surface area contributed by atoms with Crippen molar-refractivity contribution in [3.63, 3.8) is 0 Å². The maximum absolute atomic E-state index is 11.7. The fraction of sp³-hybridized carbons (Fsp3) is 0.462. The van der Waals surface area contributed by atoms with Crippen LogP contribution in [-0.2, 0) is 9.53 Å². The molecule has 0 aliphatic heterocycles. The lowest BCUT2D eigenvalue weighted by atomic mass is 10.2. The zero-order valence-electron chi connectivity index (χ0n) is 10.9. The van der Waals surface area contributed by atoms with Gasteiger partial charge in [0.25, 0.3) is 0 Å². The molecule has 0 atom stereocenters. The number of ether oxygens (including phenoxy) is 1. The van der Waals surface area contributed by atoms with Gasteiger partial charge in [-0.05, 0) is 39.0 Å². The Kier molecular flexibility index (Phi) is 4.99. The molecule has 5 heteroatoms. The largest absolute Gasteiger partial charge is 0.397 e. The summed E-state index contributed by atoms with van der Waals surface area (Å²) in [6.07, 6.45) is 0.281. The molecule has 0 fully saturated rings. The van der Waals surface area contributed by atoms with Crippen LogP contribution in [0.3, 0.4) is 0 Å². The maximum atomic E-state index is 11.7. The molecule has 3 N–H and O–H groups in total. The van der Waals surface area contributed by atoms with Gasteiger partial charge in [0.1, 0.15) is 0 Å². The monoisotopic (exact) mass is 270 g/mol. The van der Waals surface area contributed by atoms with Gasteiger partial charge in [0, 0.05) is 5.02 Å². The Morgan fingerprint density at radius 1 is 1.44 bits per heavy atom. The van der Waals surface area contributed by atoms with Crippen molar-refractivity contribution in [2.45, 2.75) is 32.8 Å². The van der Waals surface area contributed by atoms with E-state index < -0.39 is 0 Å². The molecule has 0 spiro atoms. The van der Waals surface area contributed by atoms with E-state index >= 15 is 0 Å². The fourth-order valence-corrected chi connectivity index (χ4v) is 1.47. The number of halogens is 1. The van der Waals surface area contributed by atoms with Gasteiger partial charge < -0.3 is 15.8 Å². The summed E-state index contributed by atoms with van der Waals surface area (Å²) in [5.74, 6) is -0.145. The van der Waals surface area contributed by atoms with E-state index in [1.54, 1.807) is 18.2 Å². The van der Waals surface area contributed by atoms with E-state index in [0.29, 0.717) is 23.0 Å². The van der Waals surface area contributed by atoms with Crippen molar-refractivity contribution in [3.05, 3.63) is 23.2 Å². The molecule has 0 saturated carbocycles. The lowest BCUT2D eigenvalue weighted by Crippen LogP contribution is -2.23. The third kappa shape index (κ3) is 5.38. The van der Waals surface area contributed by atoms with Crippen LogP contribution in [0.2, 0.25) is 5.02 Å². The SMILES string of the molecule is CC(C)(C)OCCC(=O)Nc1cc(Cl)ccc1N. The topological polar surface area (TPSA) is 64.3 Å². The summed E-state index contributed by atoms with van der Waals surface area (Å²) in [6.45, 7) is 6.20. The van der Waals surface area contributed by atoms with Gasteiger partial charge in [-0.25, -0.2) is 0 Å². The first-order valence-electron chi connectivity index (χ1n) is 5.77.